The van der Waals surface area contributed by atoms with Crippen LogP contribution in [0.4, 0.5) is 0 Å². The minimum atomic E-state index is 0.223. The van der Waals surface area contributed by atoms with Crippen molar-refractivity contribution in [3.63, 3.8) is 0 Å². The Labute approximate surface area is 214 Å². The second-order valence-corrected chi connectivity index (χ2v) is 8.00. The molecule has 0 radical (unpaired) electrons. The van der Waals surface area contributed by atoms with E-state index in [1.165, 1.54) is 36.9 Å². The number of nitrogens with zero attached hydrogens (tertiary/aromatic N) is 1. The van der Waals surface area contributed by atoms with E-state index in [1.807, 2.05) is 45.2 Å². The van der Waals surface area contributed by atoms with E-state index in [4.69, 9.17) is 14.6 Å². The summed E-state index contributed by atoms with van der Waals surface area (Å²) in [5.74, 6) is 1.79. The largest absolute Gasteiger partial charge is 0.486 e. The summed E-state index contributed by atoms with van der Waals surface area (Å²) in [6.45, 7) is 10.2. The van der Waals surface area contributed by atoms with Crippen molar-refractivity contribution in [3.8, 4) is 24.3 Å². The third kappa shape index (κ3) is 13.8. The molecule has 0 bridgehead atoms. The average molecular weight is 485 g/mol. The average Bonchev–Trinajstić information content (AvgIpc) is 2.93. The Kier molecular flexibility index (Phi) is 20.4. The molecule has 2 N–H and O–H groups in total. The van der Waals surface area contributed by atoms with E-state index in [2.05, 4.69) is 61.3 Å². The maximum absolute atomic E-state index is 8.79. The molecular weight excluding hydrogens is 436 g/mol. The van der Waals surface area contributed by atoms with Crippen molar-refractivity contribution in [1.82, 2.24) is 10.2 Å². The zero-order valence-electron chi connectivity index (χ0n) is 22.6. The number of ether oxygens (including phenoxy) is 2. The van der Waals surface area contributed by atoms with Gasteiger partial charge in [-0.15, -0.1) is 12.8 Å². The normalized spacial score (nSPS) is 12.1. The molecule has 196 valence electrons. The van der Waals surface area contributed by atoms with Crippen LogP contribution >= 0.6 is 0 Å². The van der Waals surface area contributed by atoms with E-state index < -0.39 is 0 Å². The second-order valence-electron chi connectivity index (χ2n) is 8.00. The molecule has 0 saturated carbocycles. The molecule has 1 unspecified atom stereocenters. The van der Waals surface area contributed by atoms with Crippen molar-refractivity contribution in [2.24, 2.45) is 0 Å². The molecule has 0 amide bonds. The number of hydrogen-bond acceptors (Lipinski definition) is 5. The lowest BCUT2D eigenvalue weighted by Crippen LogP contribution is -2.21. The van der Waals surface area contributed by atoms with Gasteiger partial charge >= 0.3 is 0 Å². The third-order valence-electron chi connectivity index (χ3n) is 5.47. The Hall–Kier alpha value is -2.52. The van der Waals surface area contributed by atoms with Crippen LogP contribution in [0.15, 0.2) is 48.5 Å². The summed E-state index contributed by atoms with van der Waals surface area (Å²) in [6, 6.07) is 16.7. The minimum Gasteiger partial charge on any atom is -0.486 e. The number of hydrogen-bond donors (Lipinski definition) is 2. The van der Waals surface area contributed by atoms with Gasteiger partial charge < -0.3 is 24.8 Å². The van der Waals surface area contributed by atoms with Crippen LogP contribution in [0.1, 0.15) is 63.6 Å². The highest BCUT2D eigenvalue weighted by Crippen LogP contribution is 2.31. The van der Waals surface area contributed by atoms with Gasteiger partial charge in [-0.05, 0) is 76.1 Å². The molecule has 3 rings (SSSR count). The van der Waals surface area contributed by atoms with Crippen LogP contribution in [0.2, 0.25) is 0 Å². The smallest absolute Gasteiger partial charge is 0.161 e. The Bertz CT molecular complexity index is 765. The van der Waals surface area contributed by atoms with Crippen LogP contribution in [0, 0.1) is 12.8 Å². The van der Waals surface area contributed by atoms with Crippen molar-refractivity contribution in [2.75, 3.05) is 47.0 Å². The van der Waals surface area contributed by atoms with Crippen molar-refractivity contribution >= 4 is 0 Å². The van der Waals surface area contributed by atoms with Gasteiger partial charge in [0.1, 0.15) is 13.2 Å². The lowest BCUT2D eigenvalue weighted by atomic mass is 10.0. The molecule has 1 aliphatic rings. The van der Waals surface area contributed by atoms with Gasteiger partial charge in [0.25, 0.3) is 0 Å². The van der Waals surface area contributed by atoms with Gasteiger partial charge in [-0.3, -0.25) is 0 Å². The predicted molar refractivity (Wildman–Crippen MR) is 149 cm³/mol. The molecule has 2 aromatic rings. The van der Waals surface area contributed by atoms with Gasteiger partial charge in [0.2, 0.25) is 0 Å². The Morgan fingerprint density at radius 2 is 1.60 bits per heavy atom. The first-order valence-electron chi connectivity index (χ1n) is 12.9. The summed E-state index contributed by atoms with van der Waals surface area (Å²) < 4.78 is 11.1. The molecule has 1 heterocycles. The number of nitrogens with one attached hydrogen (secondary N) is 1. The highest BCUT2D eigenvalue weighted by molar-refractivity contribution is 5.43. The van der Waals surface area contributed by atoms with E-state index in [9.17, 15) is 0 Å². The highest BCUT2D eigenvalue weighted by Gasteiger charge is 2.11. The number of rotatable bonds is 11. The Morgan fingerprint density at radius 3 is 2.20 bits per heavy atom. The van der Waals surface area contributed by atoms with Gasteiger partial charge in [0.15, 0.2) is 11.5 Å². The fraction of sp³-hybridized carbons (Fsp3) is 0.533. The van der Waals surface area contributed by atoms with Crippen molar-refractivity contribution in [1.29, 1.82) is 0 Å². The predicted octanol–water partition coefficient (Wildman–Crippen LogP) is 5.73. The topological polar surface area (TPSA) is 54.0 Å². The fourth-order valence-electron chi connectivity index (χ4n) is 3.63. The molecule has 0 aromatic heterocycles. The number of unbranched alkanes of at least 4 members (excludes halogenated alkanes) is 1. The maximum atomic E-state index is 8.79. The van der Waals surface area contributed by atoms with E-state index in [0.29, 0.717) is 13.2 Å². The van der Waals surface area contributed by atoms with E-state index in [-0.39, 0.29) is 12.6 Å². The van der Waals surface area contributed by atoms with Crippen LogP contribution in [0.3, 0.4) is 0 Å². The van der Waals surface area contributed by atoms with Crippen LogP contribution in [-0.4, -0.2) is 57.0 Å². The van der Waals surface area contributed by atoms with Gasteiger partial charge in [-0.2, -0.15) is 0 Å². The molecule has 1 aliphatic heterocycles. The number of benzene rings is 2. The van der Waals surface area contributed by atoms with Crippen molar-refractivity contribution in [2.45, 2.75) is 58.9 Å². The van der Waals surface area contributed by atoms with E-state index in [0.717, 1.165) is 30.9 Å². The maximum Gasteiger partial charge on any atom is 0.161 e. The zero-order chi connectivity index (χ0) is 26.3. The van der Waals surface area contributed by atoms with Gasteiger partial charge in [-0.25, -0.2) is 0 Å². The standard InChI is InChI=1S/C16H25NO2.C10H15NO.C2H6.C2H2/c1-3-4-9-17(2)10-5-6-14-7-8-15-16(13-14)19-12-11-18-15;1-11-10(7-8-12)9-5-3-2-4-6-9;2*1-2/h7-8,13H,3-6,9-12H2,1-2H3;2-6,10-12H,7-8H2,1H3;1-2H3;1-2H. The molecule has 0 spiro atoms. The molecule has 0 saturated heterocycles. The summed E-state index contributed by atoms with van der Waals surface area (Å²) >= 11 is 0. The molecule has 2 aromatic carbocycles. The monoisotopic (exact) mass is 484 g/mol. The first-order chi connectivity index (χ1) is 17.2. The quantitative estimate of drug-likeness (QED) is 0.399. The summed E-state index contributed by atoms with van der Waals surface area (Å²) in [5.41, 5.74) is 2.57. The van der Waals surface area contributed by atoms with Gasteiger partial charge in [0.05, 0.1) is 0 Å². The van der Waals surface area contributed by atoms with Crippen molar-refractivity contribution < 1.29 is 14.6 Å². The summed E-state index contributed by atoms with van der Waals surface area (Å²) in [7, 11) is 4.12. The Morgan fingerprint density at radius 1 is 0.971 bits per heavy atom. The zero-order valence-corrected chi connectivity index (χ0v) is 22.6. The van der Waals surface area contributed by atoms with Crippen molar-refractivity contribution in [3.05, 3.63) is 59.7 Å². The first-order valence-corrected chi connectivity index (χ1v) is 12.9. The molecular formula is C30H48N2O3. The molecule has 0 aliphatic carbocycles. The number of fused-ring (bicyclic) bond motifs is 1. The van der Waals surface area contributed by atoms with E-state index >= 15 is 0 Å². The molecule has 5 heteroatoms. The lowest BCUT2D eigenvalue weighted by molar-refractivity contribution is 0.171. The third-order valence-corrected chi connectivity index (χ3v) is 5.47. The van der Waals surface area contributed by atoms with Gasteiger partial charge in [-0.1, -0.05) is 63.6 Å². The molecule has 0 fully saturated rings. The van der Waals surface area contributed by atoms with E-state index in [1.54, 1.807) is 0 Å². The molecule has 1 atom stereocenters. The number of terminal acetylenes is 1. The summed E-state index contributed by atoms with van der Waals surface area (Å²) in [5, 5.41) is 11.9. The summed E-state index contributed by atoms with van der Waals surface area (Å²) in [6.07, 6.45) is 13.6. The Balaban J connectivity index is 0.000000623. The SMILES string of the molecule is C#C.CC.CCCCN(C)CCCc1ccc2c(c1)OCCO2.CNC(CCO)c1ccccc1. The van der Waals surface area contributed by atoms with Crippen LogP contribution in [0.5, 0.6) is 11.5 Å². The lowest BCUT2D eigenvalue weighted by Gasteiger charge is -2.19. The number of aryl methyl sites for hydroxylation is 1. The summed E-state index contributed by atoms with van der Waals surface area (Å²) in [4.78, 5) is 2.42. The van der Waals surface area contributed by atoms with Gasteiger partial charge in [0, 0.05) is 12.6 Å². The molecule has 35 heavy (non-hydrogen) atoms. The van der Waals surface area contributed by atoms with Crippen LogP contribution < -0.4 is 14.8 Å². The van der Waals surface area contributed by atoms with Crippen LogP contribution in [-0.2, 0) is 6.42 Å². The van der Waals surface area contributed by atoms with Crippen LogP contribution in [0.25, 0.3) is 0 Å². The highest BCUT2D eigenvalue weighted by atomic mass is 16.6. The first kappa shape index (κ1) is 32.5. The number of aliphatic hydroxyl groups is 1. The second kappa shape index (κ2) is 22.0. The minimum absolute atomic E-state index is 0.223. The number of aliphatic hydroxyl groups excluding tert-OH is 1. The molecule has 5 nitrogen and oxygen atoms in total. The fourth-order valence-corrected chi connectivity index (χ4v) is 3.63.